The summed E-state index contributed by atoms with van der Waals surface area (Å²) in [5.74, 6) is 0.167. The number of amides is 1. The van der Waals surface area contributed by atoms with Crippen molar-refractivity contribution in [1.82, 2.24) is 10.2 Å². The molecule has 4 nitrogen and oxygen atoms in total. The first-order valence-corrected chi connectivity index (χ1v) is 6.71. The third-order valence-electron chi connectivity index (χ3n) is 2.82. The lowest BCUT2D eigenvalue weighted by Crippen LogP contribution is -2.49. The summed E-state index contributed by atoms with van der Waals surface area (Å²) in [5.41, 5.74) is 0. The van der Waals surface area contributed by atoms with Gasteiger partial charge in [0.05, 0.1) is 19.6 Å². The third-order valence-corrected chi connectivity index (χ3v) is 3.70. The number of likely N-dealkylation sites (N-methyl/N-ethyl adjacent to an activating group) is 1. The highest BCUT2D eigenvalue weighted by atomic mass is 32.1. The van der Waals surface area contributed by atoms with Gasteiger partial charge in [-0.25, -0.2) is 0 Å². The zero-order valence-electron chi connectivity index (χ0n) is 10.0. The average molecular weight is 254 g/mol. The minimum atomic E-state index is 0.167. The second kappa shape index (κ2) is 6.14. The largest absolute Gasteiger partial charge is 0.378 e. The minimum Gasteiger partial charge on any atom is -0.378 e. The Labute approximate surface area is 106 Å². The molecule has 1 aromatic rings. The highest BCUT2D eigenvalue weighted by molar-refractivity contribution is 7.10. The Morgan fingerprint density at radius 1 is 1.71 bits per heavy atom. The summed E-state index contributed by atoms with van der Waals surface area (Å²) >= 11 is 1.63. The van der Waals surface area contributed by atoms with Crippen LogP contribution in [0.3, 0.4) is 0 Å². The number of nitrogens with one attached hydrogen (secondary N) is 1. The summed E-state index contributed by atoms with van der Waals surface area (Å²) in [4.78, 5) is 14.9. The number of carbonyl (C=O) groups excluding carboxylic acids is 1. The van der Waals surface area contributed by atoms with Crippen molar-refractivity contribution in [1.29, 1.82) is 0 Å². The van der Waals surface area contributed by atoms with Gasteiger partial charge >= 0.3 is 0 Å². The first-order chi connectivity index (χ1) is 8.25. The van der Waals surface area contributed by atoms with Crippen LogP contribution in [0.15, 0.2) is 17.5 Å². The summed E-state index contributed by atoms with van der Waals surface area (Å²) in [5, 5.41) is 5.35. The Kier molecular flexibility index (Phi) is 4.53. The minimum absolute atomic E-state index is 0.167. The quantitative estimate of drug-likeness (QED) is 0.861. The molecule has 0 saturated carbocycles. The fourth-order valence-electron chi connectivity index (χ4n) is 1.87. The van der Waals surface area contributed by atoms with Gasteiger partial charge in [0.1, 0.15) is 0 Å². The number of rotatable bonds is 4. The molecular formula is C12H18N2O2S. The number of hydrogen-bond acceptors (Lipinski definition) is 4. The number of morpholine rings is 1. The van der Waals surface area contributed by atoms with Gasteiger partial charge in [-0.2, -0.15) is 0 Å². The predicted molar refractivity (Wildman–Crippen MR) is 68.3 cm³/mol. The van der Waals surface area contributed by atoms with E-state index >= 15 is 0 Å². The van der Waals surface area contributed by atoms with Crippen molar-refractivity contribution in [3.8, 4) is 0 Å². The van der Waals surface area contributed by atoms with Crippen LogP contribution in [0.1, 0.15) is 4.88 Å². The van der Waals surface area contributed by atoms with E-state index in [4.69, 9.17) is 4.74 Å². The van der Waals surface area contributed by atoms with Crippen molar-refractivity contribution in [3.63, 3.8) is 0 Å². The van der Waals surface area contributed by atoms with Crippen LogP contribution < -0.4 is 5.32 Å². The van der Waals surface area contributed by atoms with Crippen LogP contribution in [0.2, 0.25) is 0 Å². The number of carbonyl (C=O) groups is 1. The highest BCUT2D eigenvalue weighted by Gasteiger charge is 2.18. The molecule has 1 amide bonds. The fraction of sp³-hybridized carbons (Fsp3) is 0.583. The Bertz CT molecular complexity index is 347. The van der Waals surface area contributed by atoms with Gasteiger partial charge in [0.15, 0.2) is 0 Å². The molecule has 1 aliphatic rings. The molecule has 17 heavy (non-hydrogen) atoms. The SMILES string of the molecule is CN(CC1COCCN1)C(=O)Cc1cccs1. The lowest BCUT2D eigenvalue weighted by molar-refractivity contribution is -0.129. The van der Waals surface area contributed by atoms with E-state index in [1.807, 2.05) is 24.6 Å². The molecule has 5 heteroatoms. The third kappa shape index (κ3) is 3.80. The summed E-state index contributed by atoms with van der Waals surface area (Å²) in [7, 11) is 1.85. The van der Waals surface area contributed by atoms with Gasteiger partial charge in [-0.05, 0) is 11.4 Å². The molecule has 1 atom stereocenters. The molecule has 1 unspecified atom stereocenters. The molecule has 1 aliphatic heterocycles. The van der Waals surface area contributed by atoms with Crippen molar-refractivity contribution < 1.29 is 9.53 Å². The zero-order chi connectivity index (χ0) is 12.1. The van der Waals surface area contributed by atoms with Crippen molar-refractivity contribution in [2.24, 2.45) is 0 Å². The maximum absolute atomic E-state index is 11.9. The molecule has 0 aromatic carbocycles. The monoisotopic (exact) mass is 254 g/mol. The van der Waals surface area contributed by atoms with E-state index in [1.165, 1.54) is 0 Å². The second-order valence-corrected chi connectivity index (χ2v) is 5.29. The fourth-order valence-corrected chi connectivity index (χ4v) is 2.56. The molecule has 1 N–H and O–H groups in total. The van der Waals surface area contributed by atoms with Crippen molar-refractivity contribution >= 4 is 17.2 Å². The van der Waals surface area contributed by atoms with Gasteiger partial charge in [0.2, 0.25) is 5.91 Å². The topological polar surface area (TPSA) is 41.6 Å². The average Bonchev–Trinajstić information content (AvgIpc) is 2.83. The highest BCUT2D eigenvalue weighted by Crippen LogP contribution is 2.10. The summed E-state index contributed by atoms with van der Waals surface area (Å²) in [6.45, 7) is 3.04. The van der Waals surface area contributed by atoms with E-state index in [2.05, 4.69) is 5.32 Å². The molecule has 0 aliphatic carbocycles. The molecule has 1 fully saturated rings. The van der Waals surface area contributed by atoms with Crippen LogP contribution in [0.5, 0.6) is 0 Å². The molecule has 94 valence electrons. The van der Waals surface area contributed by atoms with Gasteiger partial charge in [0, 0.05) is 31.1 Å². The molecule has 1 aromatic heterocycles. The van der Waals surface area contributed by atoms with Crippen LogP contribution in [0.4, 0.5) is 0 Å². The molecule has 0 radical (unpaired) electrons. The summed E-state index contributed by atoms with van der Waals surface area (Å²) in [6, 6.07) is 4.24. The molecule has 1 saturated heterocycles. The van der Waals surface area contributed by atoms with Gasteiger partial charge in [0.25, 0.3) is 0 Å². The standard InChI is InChI=1S/C12H18N2O2S/c1-14(8-10-9-16-5-4-13-10)12(15)7-11-3-2-6-17-11/h2-3,6,10,13H,4-5,7-9H2,1H3. The lowest BCUT2D eigenvalue weighted by Gasteiger charge is -2.28. The Morgan fingerprint density at radius 2 is 2.59 bits per heavy atom. The van der Waals surface area contributed by atoms with E-state index in [1.54, 1.807) is 16.2 Å². The first kappa shape index (κ1) is 12.5. The lowest BCUT2D eigenvalue weighted by atomic mass is 10.2. The van der Waals surface area contributed by atoms with Crippen molar-refractivity contribution in [2.45, 2.75) is 12.5 Å². The second-order valence-electron chi connectivity index (χ2n) is 4.26. The Morgan fingerprint density at radius 3 is 3.24 bits per heavy atom. The smallest absolute Gasteiger partial charge is 0.227 e. The number of ether oxygens (including phenoxy) is 1. The molecular weight excluding hydrogens is 236 g/mol. The predicted octanol–water partition coefficient (Wildman–Crippen LogP) is 0.737. The normalized spacial score (nSPS) is 20.2. The van der Waals surface area contributed by atoms with E-state index in [9.17, 15) is 4.79 Å². The summed E-state index contributed by atoms with van der Waals surface area (Å²) < 4.78 is 5.37. The molecule has 0 bridgehead atoms. The van der Waals surface area contributed by atoms with Gasteiger partial charge in [-0.3, -0.25) is 4.79 Å². The van der Waals surface area contributed by atoms with E-state index < -0.39 is 0 Å². The Hall–Kier alpha value is -0.910. The van der Waals surface area contributed by atoms with Crippen LogP contribution in [0.25, 0.3) is 0 Å². The number of nitrogens with zero attached hydrogens (tertiary/aromatic N) is 1. The van der Waals surface area contributed by atoms with E-state index in [-0.39, 0.29) is 11.9 Å². The number of hydrogen-bond donors (Lipinski definition) is 1. The van der Waals surface area contributed by atoms with E-state index in [0.29, 0.717) is 19.6 Å². The molecule has 0 spiro atoms. The van der Waals surface area contributed by atoms with E-state index in [0.717, 1.165) is 18.0 Å². The maximum atomic E-state index is 11.9. The molecule has 2 rings (SSSR count). The van der Waals surface area contributed by atoms with Gasteiger partial charge in [-0.1, -0.05) is 6.07 Å². The molecule has 2 heterocycles. The van der Waals surface area contributed by atoms with Crippen LogP contribution in [0, 0.1) is 0 Å². The van der Waals surface area contributed by atoms with Gasteiger partial charge < -0.3 is 15.0 Å². The van der Waals surface area contributed by atoms with Gasteiger partial charge in [-0.15, -0.1) is 11.3 Å². The van der Waals surface area contributed by atoms with Crippen LogP contribution in [-0.4, -0.2) is 50.2 Å². The first-order valence-electron chi connectivity index (χ1n) is 5.83. The number of thiophene rings is 1. The maximum Gasteiger partial charge on any atom is 0.227 e. The Balaban J connectivity index is 1.78. The van der Waals surface area contributed by atoms with Crippen LogP contribution >= 0.6 is 11.3 Å². The zero-order valence-corrected chi connectivity index (χ0v) is 10.8. The van der Waals surface area contributed by atoms with Crippen LogP contribution in [-0.2, 0) is 16.0 Å². The summed E-state index contributed by atoms with van der Waals surface area (Å²) in [6.07, 6.45) is 0.502. The van der Waals surface area contributed by atoms with Crippen molar-refractivity contribution in [2.75, 3.05) is 33.4 Å². The van der Waals surface area contributed by atoms with Crippen molar-refractivity contribution in [3.05, 3.63) is 22.4 Å².